The van der Waals surface area contributed by atoms with Crippen molar-refractivity contribution in [3.8, 4) is 6.07 Å². The lowest BCUT2D eigenvalue weighted by molar-refractivity contribution is -0.383. The Bertz CT molecular complexity index is 761. The summed E-state index contributed by atoms with van der Waals surface area (Å²) in [6.07, 6.45) is 5.35. The molecule has 0 saturated carbocycles. The van der Waals surface area contributed by atoms with E-state index in [1.54, 1.807) is 29.5 Å². The van der Waals surface area contributed by atoms with Gasteiger partial charge in [-0.1, -0.05) is 18.6 Å². The van der Waals surface area contributed by atoms with E-state index in [9.17, 15) is 15.4 Å². The van der Waals surface area contributed by atoms with Crippen LogP contribution >= 0.6 is 11.3 Å². The van der Waals surface area contributed by atoms with E-state index in [2.05, 4.69) is 11.4 Å². The Morgan fingerprint density at radius 3 is 2.77 bits per heavy atom. The molecule has 5 nitrogen and oxygen atoms in total. The Hall–Kier alpha value is -2.39. The van der Waals surface area contributed by atoms with Crippen molar-refractivity contribution in [2.75, 3.05) is 5.32 Å². The van der Waals surface area contributed by atoms with E-state index in [1.165, 1.54) is 17.4 Å². The Morgan fingerprint density at radius 2 is 2.00 bits per heavy atom. The Kier molecular flexibility index (Phi) is 4.07. The monoisotopic (exact) mass is 313 g/mol. The molecular weight excluding hydrogens is 298 g/mol. The number of nitro groups is 1. The lowest BCUT2D eigenvalue weighted by Crippen LogP contribution is -1.97. The van der Waals surface area contributed by atoms with Gasteiger partial charge in [0.2, 0.25) is 0 Å². The van der Waals surface area contributed by atoms with E-state index < -0.39 is 4.92 Å². The van der Waals surface area contributed by atoms with Gasteiger partial charge in [0.25, 0.3) is 5.69 Å². The summed E-state index contributed by atoms with van der Waals surface area (Å²) in [4.78, 5) is 11.9. The van der Waals surface area contributed by atoms with E-state index in [0.29, 0.717) is 11.3 Å². The number of nitrogens with zero attached hydrogens (tertiary/aromatic N) is 2. The number of rotatable bonds is 3. The summed E-state index contributed by atoms with van der Waals surface area (Å²) in [5.74, 6) is 0. The number of aryl methyl sites for hydroxylation is 1. The summed E-state index contributed by atoms with van der Waals surface area (Å²) in [5, 5.41) is 24.4. The lowest BCUT2D eigenvalue weighted by Gasteiger charge is -2.05. The molecule has 22 heavy (non-hydrogen) atoms. The van der Waals surface area contributed by atoms with Crippen LogP contribution in [0.15, 0.2) is 24.3 Å². The molecule has 112 valence electrons. The molecule has 1 aliphatic carbocycles. The number of benzene rings is 1. The molecule has 0 radical (unpaired) electrons. The van der Waals surface area contributed by atoms with E-state index in [4.69, 9.17) is 0 Å². The second kappa shape index (κ2) is 6.16. The van der Waals surface area contributed by atoms with Crippen LogP contribution in [0, 0.1) is 21.4 Å². The second-order valence-electron chi connectivity index (χ2n) is 5.28. The van der Waals surface area contributed by atoms with Gasteiger partial charge >= 0.3 is 0 Å². The number of nitrogens with one attached hydrogen (secondary N) is 1. The lowest BCUT2D eigenvalue weighted by atomic mass is 10.1. The summed E-state index contributed by atoms with van der Waals surface area (Å²) in [6.45, 7) is 0. The van der Waals surface area contributed by atoms with E-state index >= 15 is 0 Å². The first-order valence-corrected chi connectivity index (χ1v) is 8.07. The summed E-state index contributed by atoms with van der Waals surface area (Å²) in [6, 6.07) is 8.80. The van der Waals surface area contributed by atoms with Gasteiger partial charge in [0.05, 0.1) is 10.5 Å². The highest BCUT2D eigenvalue weighted by Crippen LogP contribution is 2.39. The molecule has 6 heteroatoms. The van der Waals surface area contributed by atoms with Crippen LogP contribution < -0.4 is 5.32 Å². The van der Waals surface area contributed by atoms with Crippen LogP contribution in [0.1, 0.15) is 35.3 Å². The van der Waals surface area contributed by atoms with Crippen LogP contribution in [0.5, 0.6) is 0 Å². The molecule has 1 heterocycles. The van der Waals surface area contributed by atoms with Gasteiger partial charge in [-0.15, -0.1) is 11.3 Å². The summed E-state index contributed by atoms with van der Waals surface area (Å²) < 4.78 is 0. The fourth-order valence-corrected chi connectivity index (χ4v) is 4.06. The molecule has 1 aromatic heterocycles. The van der Waals surface area contributed by atoms with Gasteiger partial charge in [-0.2, -0.15) is 5.26 Å². The normalized spacial score (nSPS) is 13.8. The molecule has 1 aliphatic rings. The first kappa shape index (κ1) is 14.5. The van der Waals surface area contributed by atoms with Crippen molar-refractivity contribution >= 4 is 27.7 Å². The molecule has 0 bridgehead atoms. The highest BCUT2D eigenvalue weighted by atomic mass is 32.1. The Balaban J connectivity index is 2.00. The average Bonchev–Trinajstić information content (AvgIpc) is 2.68. The van der Waals surface area contributed by atoms with Gasteiger partial charge in [-0.05, 0) is 37.3 Å². The molecule has 2 aromatic rings. The summed E-state index contributed by atoms with van der Waals surface area (Å²) >= 11 is 1.56. The van der Waals surface area contributed by atoms with Crippen LogP contribution in [0.25, 0.3) is 0 Å². The smallest absolute Gasteiger partial charge is 0.292 e. The number of fused-ring (bicyclic) bond motifs is 1. The molecule has 0 saturated heterocycles. The van der Waals surface area contributed by atoms with Crippen molar-refractivity contribution in [3.05, 3.63) is 50.4 Å². The topological polar surface area (TPSA) is 79.0 Å². The molecule has 0 unspecified atom stereocenters. The predicted molar refractivity (Wildman–Crippen MR) is 86.7 cm³/mol. The third-order valence-corrected chi connectivity index (χ3v) is 5.09. The minimum Gasteiger partial charge on any atom is -0.341 e. The molecule has 0 atom stereocenters. The molecular formula is C16H15N3O2S. The van der Waals surface area contributed by atoms with E-state index in [1.807, 2.05) is 0 Å². The number of hydrogen-bond donors (Lipinski definition) is 1. The molecule has 3 rings (SSSR count). The molecule has 0 amide bonds. The number of anilines is 2. The number of nitro benzene ring substituents is 1. The zero-order chi connectivity index (χ0) is 15.5. The van der Waals surface area contributed by atoms with E-state index in [0.717, 1.165) is 36.2 Å². The fourth-order valence-electron chi connectivity index (χ4n) is 2.81. The van der Waals surface area contributed by atoms with Crippen LogP contribution in [-0.4, -0.2) is 4.92 Å². The number of para-hydroxylation sites is 2. The third kappa shape index (κ3) is 2.68. The van der Waals surface area contributed by atoms with Crippen LogP contribution in [0.4, 0.5) is 16.4 Å². The largest absolute Gasteiger partial charge is 0.341 e. The number of nitriles is 1. The fraction of sp³-hybridized carbons (Fsp3) is 0.312. The van der Waals surface area contributed by atoms with Crippen LogP contribution in [-0.2, 0) is 12.8 Å². The maximum Gasteiger partial charge on any atom is 0.292 e. The molecule has 1 aromatic carbocycles. The number of hydrogen-bond acceptors (Lipinski definition) is 5. The van der Waals surface area contributed by atoms with Crippen LogP contribution in [0.3, 0.4) is 0 Å². The van der Waals surface area contributed by atoms with Gasteiger partial charge in [-0.3, -0.25) is 10.1 Å². The predicted octanol–water partition coefficient (Wildman–Crippen LogP) is 4.54. The summed E-state index contributed by atoms with van der Waals surface area (Å²) in [7, 11) is 0. The molecule has 1 N–H and O–H groups in total. The first-order chi connectivity index (χ1) is 10.7. The van der Waals surface area contributed by atoms with Crippen LogP contribution in [0.2, 0.25) is 0 Å². The third-order valence-electron chi connectivity index (χ3n) is 3.88. The van der Waals surface area contributed by atoms with Crippen molar-refractivity contribution in [2.24, 2.45) is 0 Å². The van der Waals surface area contributed by atoms with Gasteiger partial charge in [0, 0.05) is 10.9 Å². The average molecular weight is 313 g/mol. The standard InChI is InChI=1S/C16H15N3O2S/c17-10-12-11-6-2-1-3-9-15(11)22-16(12)18-13-7-4-5-8-14(13)19(20)21/h4-5,7-8,18H,1-3,6,9H2. The Morgan fingerprint density at radius 1 is 1.23 bits per heavy atom. The highest BCUT2D eigenvalue weighted by molar-refractivity contribution is 7.16. The van der Waals surface area contributed by atoms with Crippen molar-refractivity contribution in [1.82, 2.24) is 0 Å². The zero-order valence-electron chi connectivity index (χ0n) is 12.0. The maximum atomic E-state index is 11.1. The van der Waals surface area contributed by atoms with Crippen molar-refractivity contribution in [1.29, 1.82) is 5.26 Å². The minimum atomic E-state index is -0.410. The minimum absolute atomic E-state index is 0.0231. The SMILES string of the molecule is N#Cc1c(Nc2ccccc2[N+](=O)[O-])sc2c1CCCCC2. The highest BCUT2D eigenvalue weighted by Gasteiger charge is 2.21. The van der Waals surface area contributed by atoms with Crippen molar-refractivity contribution < 1.29 is 4.92 Å². The first-order valence-electron chi connectivity index (χ1n) is 7.26. The second-order valence-corrected chi connectivity index (χ2v) is 6.38. The van der Waals surface area contributed by atoms with Crippen molar-refractivity contribution in [2.45, 2.75) is 32.1 Å². The molecule has 0 spiro atoms. The number of thiophene rings is 1. The quantitative estimate of drug-likeness (QED) is 0.512. The molecule has 0 fully saturated rings. The van der Waals surface area contributed by atoms with Gasteiger partial charge < -0.3 is 5.32 Å². The summed E-state index contributed by atoms with van der Waals surface area (Å²) in [5.41, 5.74) is 2.24. The van der Waals surface area contributed by atoms with E-state index in [-0.39, 0.29) is 5.69 Å². The van der Waals surface area contributed by atoms with Gasteiger partial charge in [0.15, 0.2) is 0 Å². The van der Waals surface area contributed by atoms with Gasteiger partial charge in [0.1, 0.15) is 16.8 Å². The van der Waals surface area contributed by atoms with Gasteiger partial charge in [-0.25, -0.2) is 0 Å². The zero-order valence-corrected chi connectivity index (χ0v) is 12.8. The molecule has 0 aliphatic heterocycles. The maximum absolute atomic E-state index is 11.1. The van der Waals surface area contributed by atoms with Crippen molar-refractivity contribution in [3.63, 3.8) is 0 Å². The Labute approximate surface area is 132 Å².